The molecule has 0 aliphatic rings. The van der Waals surface area contributed by atoms with Gasteiger partial charge in [0.25, 0.3) is 0 Å². The summed E-state index contributed by atoms with van der Waals surface area (Å²) in [6.45, 7) is 0.500. The molecule has 0 fully saturated rings. The minimum Gasteiger partial charge on any atom is -0.488 e. The van der Waals surface area contributed by atoms with Gasteiger partial charge in [0, 0.05) is 0 Å². The molecule has 4 aromatic rings. The summed E-state index contributed by atoms with van der Waals surface area (Å²) in [6.07, 6.45) is 1.62. The summed E-state index contributed by atoms with van der Waals surface area (Å²) >= 11 is 0. The van der Waals surface area contributed by atoms with Crippen molar-refractivity contribution in [2.45, 2.75) is 6.61 Å². The van der Waals surface area contributed by atoms with Gasteiger partial charge >= 0.3 is 0 Å². The van der Waals surface area contributed by atoms with E-state index in [1.54, 1.807) is 6.33 Å². The van der Waals surface area contributed by atoms with Crippen molar-refractivity contribution in [2.24, 2.45) is 0 Å². The van der Waals surface area contributed by atoms with E-state index in [4.69, 9.17) is 10.5 Å². The second-order valence-corrected chi connectivity index (χ2v) is 5.05. The highest BCUT2D eigenvalue weighted by Crippen LogP contribution is 2.32. The molecule has 4 rings (SSSR count). The number of hydrogen-bond acceptors (Lipinski definition) is 4. The summed E-state index contributed by atoms with van der Waals surface area (Å²) in [6, 6.07) is 15.8. The molecule has 0 saturated heterocycles. The summed E-state index contributed by atoms with van der Waals surface area (Å²) in [7, 11) is 0. The van der Waals surface area contributed by atoms with Crippen LogP contribution in [0.5, 0.6) is 5.75 Å². The molecule has 0 atom stereocenters. The second kappa shape index (κ2) is 5.04. The molecule has 2 aromatic heterocycles. The minimum atomic E-state index is 0.420. The molecule has 5 nitrogen and oxygen atoms in total. The zero-order valence-corrected chi connectivity index (χ0v) is 11.8. The highest BCUT2D eigenvalue weighted by Gasteiger charge is 2.12. The smallest absolute Gasteiger partial charge is 0.152 e. The topological polar surface area (TPSA) is 76.8 Å². The van der Waals surface area contributed by atoms with E-state index in [-0.39, 0.29) is 0 Å². The summed E-state index contributed by atoms with van der Waals surface area (Å²) in [4.78, 5) is 11.8. The number of anilines is 1. The van der Waals surface area contributed by atoms with Crippen LogP contribution in [0.25, 0.3) is 21.9 Å². The second-order valence-electron chi connectivity index (χ2n) is 5.05. The molecular formula is C17H14N4O. The van der Waals surface area contributed by atoms with Crippen molar-refractivity contribution in [1.29, 1.82) is 0 Å². The third-order valence-electron chi connectivity index (χ3n) is 3.61. The van der Waals surface area contributed by atoms with Crippen LogP contribution in [0.1, 0.15) is 5.56 Å². The van der Waals surface area contributed by atoms with Crippen LogP contribution in [0, 0.1) is 0 Å². The van der Waals surface area contributed by atoms with Crippen LogP contribution in [0.4, 0.5) is 5.82 Å². The summed E-state index contributed by atoms with van der Waals surface area (Å²) in [5.41, 5.74) is 9.38. The van der Waals surface area contributed by atoms with Gasteiger partial charge < -0.3 is 15.5 Å². The molecule has 5 heteroatoms. The minimum absolute atomic E-state index is 0.420. The molecule has 2 aromatic carbocycles. The first-order valence-corrected chi connectivity index (χ1v) is 7.01. The number of aromatic amines is 1. The molecule has 0 spiro atoms. The molecular weight excluding hydrogens is 276 g/mol. The predicted octanol–water partition coefficient (Wildman–Crippen LogP) is 3.27. The predicted molar refractivity (Wildman–Crippen MR) is 86.6 cm³/mol. The van der Waals surface area contributed by atoms with Crippen molar-refractivity contribution in [3.63, 3.8) is 0 Å². The quantitative estimate of drug-likeness (QED) is 0.607. The first-order valence-electron chi connectivity index (χ1n) is 7.01. The van der Waals surface area contributed by atoms with Crippen molar-refractivity contribution in [3.8, 4) is 5.75 Å². The lowest BCUT2D eigenvalue weighted by molar-refractivity contribution is 0.310. The molecule has 22 heavy (non-hydrogen) atoms. The molecule has 0 aliphatic carbocycles. The van der Waals surface area contributed by atoms with E-state index in [0.29, 0.717) is 17.9 Å². The molecule has 0 aliphatic heterocycles. The van der Waals surface area contributed by atoms with Gasteiger partial charge in [-0.05, 0) is 17.7 Å². The first kappa shape index (κ1) is 12.6. The summed E-state index contributed by atoms with van der Waals surface area (Å²) < 4.78 is 5.99. The Balaban J connectivity index is 1.82. The molecule has 0 saturated carbocycles. The third kappa shape index (κ3) is 2.03. The molecule has 108 valence electrons. The van der Waals surface area contributed by atoms with Crippen molar-refractivity contribution in [2.75, 3.05) is 5.73 Å². The van der Waals surface area contributed by atoms with Crippen LogP contribution in [-0.2, 0) is 6.61 Å². The lowest BCUT2D eigenvalue weighted by atomic mass is 10.1. The fraction of sp³-hybridized carbons (Fsp3) is 0.0588. The number of imidazole rings is 1. The maximum atomic E-state index is 5.99. The number of aromatic nitrogens is 3. The molecule has 0 amide bonds. The van der Waals surface area contributed by atoms with Gasteiger partial charge in [0.2, 0.25) is 0 Å². The number of hydrogen-bond donors (Lipinski definition) is 2. The first-order chi connectivity index (χ1) is 10.8. The van der Waals surface area contributed by atoms with E-state index in [1.807, 2.05) is 48.5 Å². The maximum absolute atomic E-state index is 5.99. The Morgan fingerprint density at radius 1 is 1.05 bits per heavy atom. The van der Waals surface area contributed by atoms with Gasteiger partial charge in [-0.25, -0.2) is 9.97 Å². The van der Waals surface area contributed by atoms with E-state index >= 15 is 0 Å². The number of benzene rings is 2. The van der Waals surface area contributed by atoms with E-state index < -0.39 is 0 Å². The Hall–Kier alpha value is -3.08. The number of nitrogens with one attached hydrogen (secondary N) is 1. The standard InChI is InChI=1S/C17H14N4O/c18-17-16-15(19-10-20-16)14-12(21-17)7-4-8-13(14)22-9-11-5-2-1-3-6-11/h1-8,10H,9H2,(H2,18,21)(H,19,20). The Kier molecular flexibility index (Phi) is 2.89. The average molecular weight is 290 g/mol. The fourth-order valence-electron chi connectivity index (χ4n) is 2.58. The van der Waals surface area contributed by atoms with Crippen LogP contribution in [-0.4, -0.2) is 15.0 Å². The van der Waals surface area contributed by atoms with Gasteiger partial charge in [0.15, 0.2) is 5.82 Å². The number of H-pyrrole nitrogens is 1. The zero-order chi connectivity index (χ0) is 14.9. The average Bonchev–Trinajstić information content (AvgIpc) is 3.04. The zero-order valence-electron chi connectivity index (χ0n) is 11.8. The van der Waals surface area contributed by atoms with Crippen LogP contribution in [0.2, 0.25) is 0 Å². The summed E-state index contributed by atoms with van der Waals surface area (Å²) in [5.74, 6) is 1.19. The van der Waals surface area contributed by atoms with Crippen molar-refractivity contribution in [1.82, 2.24) is 15.0 Å². The Morgan fingerprint density at radius 2 is 1.91 bits per heavy atom. The van der Waals surface area contributed by atoms with Gasteiger partial charge in [-0.15, -0.1) is 0 Å². The molecule has 2 heterocycles. The van der Waals surface area contributed by atoms with Gasteiger partial charge in [0.1, 0.15) is 17.9 Å². The van der Waals surface area contributed by atoms with E-state index in [0.717, 1.165) is 27.7 Å². The molecule has 3 N–H and O–H groups in total. The van der Waals surface area contributed by atoms with Gasteiger partial charge in [-0.2, -0.15) is 0 Å². The van der Waals surface area contributed by atoms with Crippen LogP contribution in [0.3, 0.4) is 0 Å². The number of pyridine rings is 1. The van der Waals surface area contributed by atoms with E-state index in [9.17, 15) is 0 Å². The largest absolute Gasteiger partial charge is 0.488 e. The van der Waals surface area contributed by atoms with Gasteiger partial charge in [-0.1, -0.05) is 36.4 Å². The number of ether oxygens (including phenoxy) is 1. The van der Waals surface area contributed by atoms with Crippen LogP contribution >= 0.6 is 0 Å². The van der Waals surface area contributed by atoms with Gasteiger partial charge in [-0.3, -0.25) is 0 Å². The third-order valence-corrected chi connectivity index (χ3v) is 3.61. The SMILES string of the molecule is Nc1nc2cccc(OCc3ccccc3)c2c2[nH]cnc12. The highest BCUT2D eigenvalue weighted by molar-refractivity contribution is 6.08. The number of rotatable bonds is 3. The fourth-order valence-corrected chi connectivity index (χ4v) is 2.58. The van der Waals surface area contributed by atoms with Crippen molar-refractivity contribution < 1.29 is 4.74 Å². The summed E-state index contributed by atoms with van der Waals surface area (Å²) in [5, 5.41) is 0.903. The highest BCUT2D eigenvalue weighted by atomic mass is 16.5. The van der Waals surface area contributed by atoms with E-state index in [1.165, 1.54) is 0 Å². The van der Waals surface area contributed by atoms with Crippen LogP contribution < -0.4 is 10.5 Å². The Morgan fingerprint density at radius 3 is 2.77 bits per heavy atom. The Bertz CT molecular complexity index is 947. The Labute approximate surface area is 126 Å². The monoisotopic (exact) mass is 290 g/mol. The number of fused-ring (bicyclic) bond motifs is 3. The molecule has 0 radical (unpaired) electrons. The maximum Gasteiger partial charge on any atom is 0.152 e. The van der Waals surface area contributed by atoms with Gasteiger partial charge in [0.05, 0.1) is 22.7 Å². The molecule has 0 unspecified atom stereocenters. The molecule has 0 bridgehead atoms. The van der Waals surface area contributed by atoms with Crippen molar-refractivity contribution in [3.05, 3.63) is 60.4 Å². The normalized spacial score (nSPS) is 11.1. The number of nitrogen functional groups attached to an aromatic ring is 1. The van der Waals surface area contributed by atoms with E-state index in [2.05, 4.69) is 15.0 Å². The number of nitrogens with two attached hydrogens (primary N) is 1. The number of nitrogens with zero attached hydrogens (tertiary/aromatic N) is 2. The van der Waals surface area contributed by atoms with Crippen molar-refractivity contribution >= 4 is 27.8 Å². The van der Waals surface area contributed by atoms with Crippen LogP contribution in [0.15, 0.2) is 54.9 Å². The lowest BCUT2D eigenvalue weighted by Crippen LogP contribution is -1.98. The lowest BCUT2D eigenvalue weighted by Gasteiger charge is -2.10.